The molecule has 0 saturated heterocycles. The average Bonchev–Trinajstić information content (AvgIpc) is 3.43. The largest absolute Gasteiger partial charge is 0.464 e. The van der Waals surface area contributed by atoms with Crippen LogP contribution in [0, 0.1) is 0 Å². The predicted molar refractivity (Wildman–Crippen MR) is 136 cm³/mol. The quantitative estimate of drug-likeness (QED) is 0.273. The first kappa shape index (κ1) is 19.3. The second kappa shape index (κ2) is 7.04. The van der Waals surface area contributed by atoms with E-state index in [0.717, 1.165) is 16.7 Å². The van der Waals surface area contributed by atoms with Crippen LogP contribution in [0.15, 0.2) is 89.7 Å². The van der Waals surface area contributed by atoms with E-state index in [1.54, 1.807) is 6.26 Å². The molecule has 0 aliphatic carbocycles. The molecule has 156 valence electrons. The lowest BCUT2D eigenvalue weighted by Gasteiger charge is -2.22. The van der Waals surface area contributed by atoms with Gasteiger partial charge in [0.05, 0.1) is 16.7 Å². The van der Waals surface area contributed by atoms with E-state index >= 15 is 0 Å². The van der Waals surface area contributed by atoms with Crippen molar-refractivity contribution in [3.8, 4) is 21.7 Å². The van der Waals surface area contributed by atoms with Gasteiger partial charge in [0.25, 0.3) is 0 Å². The van der Waals surface area contributed by atoms with Crippen molar-refractivity contribution in [2.75, 3.05) is 0 Å². The Morgan fingerprint density at radius 1 is 0.781 bits per heavy atom. The second-order valence-electron chi connectivity index (χ2n) is 9.36. The standard InChI is InChI=1S/C29H23NOS/c1-29(2,3)24-16-22(14-18-6-4-5-7-23(18)24)27-28-21(10-12-30-27)17-26(32-28)20-8-9-25-19(15-20)11-13-31-25/h4-17H,1-3H3. The molecule has 32 heavy (non-hydrogen) atoms. The second-order valence-corrected chi connectivity index (χ2v) is 10.4. The summed E-state index contributed by atoms with van der Waals surface area (Å²) in [7, 11) is 0. The number of hydrogen-bond donors (Lipinski definition) is 0. The van der Waals surface area contributed by atoms with E-state index in [4.69, 9.17) is 9.40 Å². The Morgan fingerprint density at radius 3 is 2.50 bits per heavy atom. The van der Waals surface area contributed by atoms with Gasteiger partial charge in [0.1, 0.15) is 5.58 Å². The molecule has 0 radical (unpaired) electrons. The highest BCUT2D eigenvalue weighted by Gasteiger charge is 2.20. The molecule has 0 atom stereocenters. The molecular weight excluding hydrogens is 410 g/mol. The minimum atomic E-state index is 0.0458. The molecule has 3 aromatic carbocycles. The predicted octanol–water partition coefficient (Wildman–Crippen LogP) is 8.83. The Balaban J connectivity index is 1.56. The van der Waals surface area contributed by atoms with Gasteiger partial charge in [-0.3, -0.25) is 4.98 Å². The highest BCUT2D eigenvalue weighted by Crippen LogP contribution is 2.41. The zero-order valence-electron chi connectivity index (χ0n) is 18.3. The van der Waals surface area contributed by atoms with E-state index in [-0.39, 0.29) is 5.41 Å². The third-order valence-corrected chi connectivity index (χ3v) is 7.32. The van der Waals surface area contributed by atoms with E-state index in [9.17, 15) is 0 Å². The zero-order valence-corrected chi connectivity index (χ0v) is 19.2. The van der Waals surface area contributed by atoms with Crippen LogP contribution in [0.3, 0.4) is 0 Å². The fourth-order valence-electron chi connectivity index (χ4n) is 4.50. The summed E-state index contributed by atoms with van der Waals surface area (Å²) in [5.74, 6) is 0. The molecule has 3 aromatic heterocycles. The number of thiophene rings is 1. The SMILES string of the molecule is CC(C)(C)c1cc(-c2nccc3cc(-c4ccc5occc5c4)sc23)cc2ccccc12. The number of hydrogen-bond acceptors (Lipinski definition) is 3. The van der Waals surface area contributed by atoms with Crippen LogP contribution in [0.25, 0.3) is 53.5 Å². The zero-order chi connectivity index (χ0) is 21.9. The minimum absolute atomic E-state index is 0.0458. The Kier molecular flexibility index (Phi) is 4.24. The van der Waals surface area contributed by atoms with Gasteiger partial charge in [0.15, 0.2) is 0 Å². The lowest BCUT2D eigenvalue weighted by molar-refractivity contribution is 0.596. The maximum atomic E-state index is 5.51. The molecule has 0 bridgehead atoms. The van der Waals surface area contributed by atoms with Crippen LogP contribution in [-0.4, -0.2) is 4.98 Å². The number of furan rings is 1. The molecule has 0 aliphatic heterocycles. The lowest BCUT2D eigenvalue weighted by atomic mass is 9.82. The first-order valence-corrected chi connectivity index (χ1v) is 11.7. The summed E-state index contributed by atoms with van der Waals surface area (Å²) >= 11 is 1.81. The summed E-state index contributed by atoms with van der Waals surface area (Å²) < 4.78 is 6.74. The number of nitrogens with zero attached hydrogens (tertiary/aromatic N) is 1. The first-order chi connectivity index (χ1) is 15.5. The monoisotopic (exact) mass is 433 g/mol. The van der Waals surface area contributed by atoms with Gasteiger partial charge in [-0.15, -0.1) is 11.3 Å². The third-order valence-electron chi connectivity index (χ3n) is 6.11. The van der Waals surface area contributed by atoms with Gasteiger partial charge in [-0.25, -0.2) is 0 Å². The van der Waals surface area contributed by atoms with E-state index in [1.165, 1.54) is 42.4 Å². The van der Waals surface area contributed by atoms with Gasteiger partial charge >= 0.3 is 0 Å². The Morgan fingerprint density at radius 2 is 1.62 bits per heavy atom. The number of benzene rings is 3. The minimum Gasteiger partial charge on any atom is -0.464 e. The number of pyridine rings is 1. The smallest absolute Gasteiger partial charge is 0.133 e. The highest BCUT2D eigenvalue weighted by atomic mass is 32.1. The number of rotatable bonds is 2. The van der Waals surface area contributed by atoms with Gasteiger partial charge < -0.3 is 4.42 Å². The molecule has 3 heterocycles. The van der Waals surface area contributed by atoms with Crippen LogP contribution in [0.4, 0.5) is 0 Å². The van der Waals surface area contributed by atoms with Gasteiger partial charge in [0, 0.05) is 22.0 Å². The van der Waals surface area contributed by atoms with Crippen molar-refractivity contribution >= 4 is 43.2 Å². The van der Waals surface area contributed by atoms with Crippen LogP contribution < -0.4 is 0 Å². The summed E-state index contributed by atoms with van der Waals surface area (Å²) in [5.41, 5.74) is 5.76. The van der Waals surface area contributed by atoms with Crippen molar-refractivity contribution < 1.29 is 4.42 Å². The molecule has 0 spiro atoms. The van der Waals surface area contributed by atoms with E-state index in [1.807, 2.05) is 29.7 Å². The Bertz CT molecular complexity index is 1610. The molecule has 6 aromatic rings. The maximum Gasteiger partial charge on any atom is 0.133 e. The average molecular weight is 434 g/mol. The van der Waals surface area contributed by atoms with Crippen LogP contribution in [-0.2, 0) is 5.41 Å². The van der Waals surface area contributed by atoms with Crippen molar-refractivity contribution in [1.29, 1.82) is 0 Å². The Hall–Kier alpha value is -3.43. The van der Waals surface area contributed by atoms with Crippen LogP contribution >= 0.6 is 11.3 Å². The van der Waals surface area contributed by atoms with Gasteiger partial charge in [-0.1, -0.05) is 45.0 Å². The van der Waals surface area contributed by atoms with Crippen molar-refractivity contribution in [3.63, 3.8) is 0 Å². The molecule has 0 amide bonds. The molecule has 2 nitrogen and oxygen atoms in total. The van der Waals surface area contributed by atoms with Gasteiger partial charge in [-0.05, 0) is 81.2 Å². The molecule has 0 fully saturated rings. The van der Waals surface area contributed by atoms with Crippen LogP contribution in [0.2, 0.25) is 0 Å². The van der Waals surface area contributed by atoms with Crippen molar-refractivity contribution in [2.45, 2.75) is 26.2 Å². The fraction of sp³-hybridized carbons (Fsp3) is 0.138. The summed E-state index contributed by atoms with van der Waals surface area (Å²) in [5, 5.41) is 4.93. The molecule has 0 saturated carbocycles. The topological polar surface area (TPSA) is 26.0 Å². The molecule has 3 heteroatoms. The summed E-state index contributed by atoms with van der Waals surface area (Å²) in [6.45, 7) is 6.84. The number of aromatic nitrogens is 1. The lowest BCUT2D eigenvalue weighted by Crippen LogP contribution is -2.12. The van der Waals surface area contributed by atoms with Crippen LogP contribution in [0.1, 0.15) is 26.3 Å². The third kappa shape index (κ3) is 3.12. The van der Waals surface area contributed by atoms with Crippen molar-refractivity contribution in [2.24, 2.45) is 0 Å². The van der Waals surface area contributed by atoms with Crippen molar-refractivity contribution in [3.05, 3.63) is 90.8 Å². The molecule has 0 unspecified atom stereocenters. The van der Waals surface area contributed by atoms with E-state index in [0.29, 0.717) is 0 Å². The van der Waals surface area contributed by atoms with Gasteiger partial charge in [0.2, 0.25) is 0 Å². The summed E-state index contributed by atoms with van der Waals surface area (Å²) in [6, 6.07) is 26.1. The highest BCUT2D eigenvalue weighted by molar-refractivity contribution is 7.22. The molecular formula is C29H23NOS. The van der Waals surface area contributed by atoms with E-state index < -0.39 is 0 Å². The van der Waals surface area contributed by atoms with Gasteiger partial charge in [-0.2, -0.15) is 0 Å². The molecule has 6 rings (SSSR count). The summed E-state index contributed by atoms with van der Waals surface area (Å²) in [6.07, 6.45) is 3.67. The van der Waals surface area contributed by atoms with Crippen molar-refractivity contribution in [1.82, 2.24) is 4.98 Å². The fourth-order valence-corrected chi connectivity index (χ4v) is 5.66. The number of fused-ring (bicyclic) bond motifs is 3. The molecule has 0 N–H and O–H groups in total. The summed E-state index contributed by atoms with van der Waals surface area (Å²) in [4.78, 5) is 6.10. The first-order valence-electron chi connectivity index (χ1n) is 10.9. The van der Waals surface area contributed by atoms with Crippen LogP contribution in [0.5, 0.6) is 0 Å². The van der Waals surface area contributed by atoms with E-state index in [2.05, 4.69) is 81.4 Å². The normalized spacial score (nSPS) is 12.2. The Labute approximate surface area is 191 Å². The maximum absolute atomic E-state index is 5.51. The molecule has 0 aliphatic rings.